The molecule has 3 aromatic rings. The van der Waals surface area contributed by atoms with E-state index in [1.54, 1.807) is 11.3 Å². The minimum atomic E-state index is 0.236. The smallest absolute Gasteiger partial charge is 0.232 e. The van der Waals surface area contributed by atoms with Crippen molar-refractivity contribution in [1.82, 2.24) is 10.1 Å². The zero-order valence-corrected chi connectivity index (χ0v) is 12.5. The molecule has 1 aliphatic heterocycles. The second-order valence-corrected chi connectivity index (χ2v) is 6.11. The molecule has 0 radical (unpaired) electrons. The van der Waals surface area contributed by atoms with Crippen LogP contribution in [-0.4, -0.2) is 16.7 Å². The van der Waals surface area contributed by atoms with Crippen LogP contribution in [0.3, 0.4) is 0 Å². The van der Waals surface area contributed by atoms with Gasteiger partial charge in [0.2, 0.25) is 11.7 Å². The van der Waals surface area contributed by atoms with E-state index in [1.165, 1.54) is 16.8 Å². The molecule has 0 bridgehead atoms. The maximum Gasteiger partial charge on any atom is 0.232 e. The van der Waals surface area contributed by atoms with Gasteiger partial charge in [0.05, 0.1) is 5.92 Å². The normalized spacial score (nSPS) is 17.3. The number of hydrogen-bond donors (Lipinski definition) is 1. The third-order valence-electron chi connectivity index (χ3n) is 3.91. The van der Waals surface area contributed by atoms with Crippen molar-refractivity contribution < 1.29 is 4.52 Å². The molecule has 0 saturated heterocycles. The van der Waals surface area contributed by atoms with Crippen LogP contribution < -0.4 is 5.32 Å². The number of fused-ring (bicyclic) bond motifs is 1. The van der Waals surface area contributed by atoms with Crippen molar-refractivity contribution in [1.29, 1.82) is 0 Å². The lowest BCUT2D eigenvalue weighted by Crippen LogP contribution is -2.21. The van der Waals surface area contributed by atoms with Gasteiger partial charge in [-0.1, -0.05) is 23.4 Å². The molecule has 0 spiro atoms. The lowest BCUT2D eigenvalue weighted by molar-refractivity contribution is 0.354. The van der Waals surface area contributed by atoms with Crippen molar-refractivity contribution in [2.45, 2.75) is 19.3 Å². The summed E-state index contributed by atoms with van der Waals surface area (Å²) in [5, 5.41) is 11.8. The molecule has 3 heterocycles. The molecule has 1 N–H and O–H groups in total. The fraction of sp³-hybridized carbons (Fsp3) is 0.250. The lowest BCUT2D eigenvalue weighted by Gasteiger charge is -2.23. The van der Waals surface area contributed by atoms with Crippen LogP contribution >= 0.6 is 11.3 Å². The monoisotopic (exact) mass is 297 g/mol. The second-order valence-electron chi connectivity index (χ2n) is 5.36. The molecule has 1 unspecified atom stereocenters. The molecular formula is C16H15N3OS. The van der Waals surface area contributed by atoms with Crippen LogP contribution in [0.15, 0.2) is 39.5 Å². The highest BCUT2D eigenvalue weighted by atomic mass is 32.1. The Balaban J connectivity index is 1.61. The van der Waals surface area contributed by atoms with Gasteiger partial charge >= 0.3 is 0 Å². The second kappa shape index (κ2) is 5.00. The zero-order chi connectivity index (χ0) is 14.2. The average molecular weight is 297 g/mol. The summed E-state index contributed by atoms with van der Waals surface area (Å²) in [4.78, 5) is 4.60. The van der Waals surface area contributed by atoms with Crippen molar-refractivity contribution in [3.05, 3.63) is 52.0 Å². The minimum Gasteiger partial charge on any atom is -0.384 e. The van der Waals surface area contributed by atoms with Gasteiger partial charge in [-0.15, -0.1) is 0 Å². The first-order valence-corrected chi connectivity index (χ1v) is 7.94. The SMILES string of the molecule is Cc1cscc1-c1noc(C2CNc3ccccc3C2)n1. The lowest BCUT2D eigenvalue weighted by atomic mass is 9.94. The van der Waals surface area contributed by atoms with Crippen molar-refractivity contribution in [3.63, 3.8) is 0 Å². The Morgan fingerprint density at radius 1 is 1.29 bits per heavy atom. The van der Waals surface area contributed by atoms with E-state index in [0.717, 1.165) is 24.4 Å². The molecule has 4 nitrogen and oxygen atoms in total. The maximum atomic E-state index is 5.50. The molecule has 21 heavy (non-hydrogen) atoms. The van der Waals surface area contributed by atoms with Crippen molar-refractivity contribution in [2.75, 3.05) is 11.9 Å². The Labute approximate surface area is 126 Å². The van der Waals surface area contributed by atoms with E-state index in [2.05, 4.69) is 57.4 Å². The standard InChI is InChI=1S/C16H15N3OS/c1-10-8-21-9-13(10)15-18-16(20-19-15)12-6-11-4-2-3-5-14(11)17-7-12/h2-5,8-9,12,17H,6-7H2,1H3. The number of nitrogens with zero attached hydrogens (tertiary/aromatic N) is 2. The molecule has 1 aromatic carbocycles. The fourth-order valence-corrected chi connectivity index (χ4v) is 3.54. The van der Waals surface area contributed by atoms with Gasteiger partial charge in [0, 0.05) is 23.2 Å². The Morgan fingerprint density at radius 2 is 2.19 bits per heavy atom. The van der Waals surface area contributed by atoms with Crippen LogP contribution in [0.1, 0.15) is 22.9 Å². The van der Waals surface area contributed by atoms with Gasteiger partial charge in [0.1, 0.15) is 0 Å². The molecule has 4 rings (SSSR count). The number of aryl methyl sites for hydroxylation is 1. The van der Waals surface area contributed by atoms with Crippen molar-refractivity contribution in [3.8, 4) is 11.4 Å². The third-order valence-corrected chi connectivity index (χ3v) is 4.77. The van der Waals surface area contributed by atoms with E-state index >= 15 is 0 Å². The first-order chi connectivity index (χ1) is 10.3. The van der Waals surface area contributed by atoms with E-state index in [4.69, 9.17) is 4.52 Å². The summed E-state index contributed by atoms with van der Waals surface area (Å²) in [6.45, 7) is 2.90. The molecule has 1 atom stereocenters. The van der Waals surface area contributed by atoms with Crippen molar-refractivity contribution in [2.24, 2.45) is 0 Å². The Bertz CT molecular complexity index is 777. The van der Waals surface area contributed by atoms with Gasteiger partial charge in [-0.2, -0.15) is 16.3 Å². The average Bonchev–Trinajstić information content (AvgIpc) is 3.15. The predicted molar refractivity (Wildman–Crippen MR) is 83.7 cm³/mol. The van der Waals surface area contributed by atoms with Crippen molar-refractivity contribution >= 4 is 17.0 Å². The molecule has 0 aliphatic carbocycles. The van der Waals surface area contributed by atoms with Crippen LogP contribution in [0, 0.1) is 6.92 Å². The fourth-order valence-electron chi connectivity index (χ4n) is 2.72. The zero-order valence-electron chi connectivity index (χ0n) is 11.7. The predicted octanol–water partition coefficient (Wildman–Crippen LogP) is 3.86. The van der Waals surface area contributed by atoms with Crippen LogP contribution in [-0.2, 0) is 6.42 Å². The highest BCUT2D eigenvalue weighted by molar-refractivity contribution is 7.08. The Hall–Kier alpha value is -2.14. The molecule has 0 fully saturated rings. The van der Waals surface area contributed by atoms with Gasteiger partial charge < -0.3 is 9.84 Å². The van der Waals surface area contributed by atoms with E-state index in [1.807, 2.05) is 0 Å². The summed E-state index contributed by atoms with van der Waals surface area (Å²) in [6.07, 6.45) is 0.938. The summed E-state index contributed by atoms with van der Waals surface area (Å²) < 4.78 is 5.50. The number of para-hydroxylation sites is 1. The van der Waals surface area contributed by atoms with E-state index in [-0.39, 0.29) is 5.92 Å². The van der Waals surface area contributed by atoms with Gasteiger partial charge in [-0.05, 0) is 35.9 Å². The van der Waals surface area contributed by atoms with E-state index < -0.39 is 0 Å². The molecule has 106 valence electrons. The number of benzene rings is 1. The summed E-state index contributed by atoms with van der Waals surface area (Å²) in [5.41, 5.74) is 4.78. The van der Waals surface area contributed by atoms with Crippen LogP contribution in [0.2, 0.25) is 0 Å². The highest BCUT2D eigenvalue weighted by Crippen LogP contribution is 2.31. The van der Waals surface area contributed by atoms with Gasteiger partial charge in [0.25, 0.3) is 0 Å². The summed E-state index contributed by atoms with van der Waals surface area (Å²) in [6, 6.07) is 8.38. The molecular weight excluding hydrogens is 282 g/mol. The summed E-state index contributed by atoms with van der Waals surface area (Å²) >= 11 is 1.66. The quantitative estimate of drug-likeness (QED) is 0.780. The largest absolute Gasteiger partial charge is 0.384 e. The Morgan fingerprint density at radius 3 is 3.05 bits per heavy atom. The number of rotatable bonds is 2. The molecule has 1 aliphatic rings. The molecule has 2 aromatic heterocycles. The van der Waals surface area contributed by atoms with Gasteiger partial charge in [0.15, 0.2) is 0 Å². The van der Waals surface area contributed by atoms with Crippen LogP contribution in [0.5, 0.6) is 0 Å². The molecule has 0 saturated carbocycles. The molecule has 5 heteroatoms. The summed E-state index contributed by atoms with van der Waals surface area (Å²) in [7, 11) is 0. The topological polar surface area (TPSA) is 51.0 Å². The third kappa shape index (κ3) is 2.23. The first-order valence-electron chi connectivity index (χ1n) is 7.00. The van der Waals surface area contributed by atoms with Gasteiger partial charge in [-0.3, -0.25) is 0 Å². The summed E-state index contributed by atoms with van der Waals surface area (Å²) in [5.74, 6) is 1.65. The van der Waals surface area contributed by atoms with Crippen LogP contribution in [0.25, 0.3) is 11.4 Å². The number of aromatic nitrogens is 2. The maximum absolute atomic E-state index is 5.50. The molecule has 0 amide bonds. The van der Waals surface area contributed by atoms with E-state index in [9.17, 15) is 0 Å². The van der Waals surface area contributed by atoms with Gasteiger partial charge in [-0.25, -0.2) is 0 Å². The highest BCUT2D eigenvalue weighted by Gasteiger charge is 2.25. The number of nitrogens with one attached hydrogen (secondary N) is 1. The first kappa shape index (κ1) is 12.6. The van der Waals surface area contributed by atoms with Crippen LogP contribution in [0.4, 0.5) is 5.69 Å². The number of hydrogen-bond acceptors (Lipinski definition) is 5. The minimum absolute atomic E-state index is 0.236. The number of thiophene rings is 1. The van der Waals surface area contributed by atoms with E-state index in [0.29, 0.717) is 5.82 Å². The number of anilines is 1. The Kier molecular flexibility index (Phi) is 3.00.